The molecule has 120 valence electrons. The molecule has 6 nitrogen and oxygen atoms in total. The molecule has 2 amide bonds. The van der Waals surface area contributed by atoms with Gasteiger partial charge in [0.15, 0.2) is 0 Å². The van der Waals surface area contributed by atoms with Crippen LogP contribution in [0, 0.1) is 0 Å². The Morgan fingerprint density at radius 1 is 1.09 bits per heavy atom. The normalized spacial score (nSPS) is 11.3. The first-order valence-electron chi connectivity index (χ1n) is 7.18. The summed E-state index contributed by atoms with van der Waals surface area (Å²) in [5.41, 5.74) is 3.59. The lowest BCUT2D eigenvalue weighted by Crippen LogP contribution is -2.24. The summed E-state index contributed by atoms with van der Waals surface area (Å²) in [5, 5.41) is 8.77. The van der Waals surface area contributed by atoms with Crippen molar-refractivity contribution in [3.63, 3.8) is 0 Å². The summed E-state index contributed by atoms with van der Waals surface area (Å²) < 4.78 is 4.68. The van der Waals surface area contributed by atoms with Crippen LogP contribution in [0.5, 0.6) is 0 Å². The van der Waals surface area contributed by atoms with Crippen LogP contribution >= 0.6 is 0 Å². The van der Waals surface area contributed by atoms with Gasteiger partial charge in [0, 0.05) is 23.9 Å². The highest BCUT2D eigenvalue weighted by atomic mass is 16.5. The minimum atomic E-state index is -0.360. The Morgan fingerprint density at radius 3 is 2.61 bits per heavy atom. The molecule has 0 fully saturated rings. The van der Waals surface area contributed by atoms with Crippen LogP contribution in [0.2, 0.25) is 0 Å². The lowest BCUT2D eigenvalue weighted by molar-refractivity contribution is -0.124. The molecule has 23 heavy (non-hydrogen) atoms. The van der Waals surface area contributed by atoms with Crippen LogP contribution in [0.4, 0.5) is 5.69 Å². The zero-order chi connectivity index (χ0) is 16.7. The molecule has 0 spiro atoms. The van der Waals surface area contributed by atoms with Gasteiger partial charge in [-0.25, -0.2) is 5.43 Å². The van der Waals surface area contributed by atoms with Crippen molar-refractivity contribution >= 4 is 34.0 Å². The first kappa shape index (κ1) is 16.6. The summed E-state index contributed by atoms with van der Waals surface area (Å²) in [5.74, 6) is -0.551. The third kappa shape index (κ3) is 4.89. The summed E-state index contributed by atoms with van der Waals surface area (Å²) in [6.07, 6.45) is 0.0937. The summed E-state index contributed by atoms with van der Waals surface area (Å²) in [7, 11) is 1.42. The van der Waals surface area contributed by atoms with Crippen LogP contribution < -0.4 is 10.7 Å². The Hall–Kier alpha value is -2.73. The van der Waals surface area contributed by atoms with Crippen molar-refractivity contribution in [1.29, 1.82) is 0 Å². The molecule has 0 unspecified atom stereocenters. The number of carbonyl (C=O) groups is 2. The van der Waals surface area contributed by atoms with E-state index < -0.39 is 0 Å². The molecule has 2 aromatic rings. The molecule has 6 heteroatoms. The van der Waals surface area contributed by atoms with E-state index in [9.17, 15) is 9.59 Å². The van der Waals surface area contributed by atoms with E-state index in [1.807, 2.05) is 42.5 Å². The Kier molecular flexibility index (Phi) is 5.82. The molecule has 0 aromatic heterocycles. The van der Waals surface area contributed by atoms with Crippen molar-refractivity contribution in [3.05, 3.63) is 42.5 Å². The largest absolute Gasteiger partial charge is 0.375 e. The second-order valence-corrected chi connectivity index (χ2v) is 5.07. The molecule has 0 aliphatic carbocycles. The molecule has 2 aromatic carbocycles. The zero-order valence-corrected chi connectivity index (χ0v) is 13.1. The maximum Gasteiger partial charge on any atom is 0.266 e. The van der Waals surface area contributed by atoms with Gasteiger partial charge in [-0.2, -0.15) is 5.10 Å². The van der Waals surface area contributed by atoms with Gasteiger partial charge in [-0.05, 0) is 18.4 Å². The number of methoxy groups -OCH3 is 1. The second-order valence-electron chi connectivity index (χ2n) is 5.07. The summed E-state index contributed by atoms with van der Waals surface area (Å²) >= 11 is 0. The highest BCUT2D eigenvalue weighted by Crippen LogP contribution is 2.22. The minimum Gasteiger partial charge on any atom is -0.375 e. The third-order valence-corrected chi connectivity index (χ3v) is 3.13. The van der Waals surface area contributed by atoms with Gasteiger partial charge in [-0.3, -0.25) is 9.59 Å². The second kappa shape index (κ2) is 8.05. The molecule has 0 atom stereocenters. The number of ether oxygens (including phenoxy) is 1. The third-order valence-electron chi connectivity index (χ3n) is 3.13. The summed E-state index contributed by atoms with van der Waals surface area (Å²) in [4.78, 5) is 23.3. The fourth-order valence-electron chi connectivity index (χ4n) is 2.12. The van der Waals surface area contributed by atoms with E-state index in [4.69, 9.17) is 0 Å². The molecule has 0 saturated carbocycles. The maximum atomic E-state index is 12.1. The molecular weight excluding hydrogens is 294 g/mol. The molecule has 0 bridgehead atoms. The monoisotopic (exact) mass is 313 g/mol. The van der Waals surface area contributed by atoms with Crippen molar-refractivity contribution in [2.24, 2.45) is 5.10 Å². The topological polar surface area (TPSA) is 79.8 Å². The smallest absolute Gasteiger partial charge is 0.266 e. The van der Waals surface area contributed by atoms with Crippen molar-refractivity contribution in [2.75, 3.05) is 19.0 Å². The number of hydrogen-bond acceptors (Lipinski definition) is 4. The van der Waals surface area contributed by atoms with Gasteiger partial charge in [-0.15, -0.1) is 0 Å². The number of hydrogen-bond donors (Lipinski definition) is 2. The molecule has 0 aliphatic heterocycles. The minimum absolute atomic E-state index is 0.0705. The predicted octanol–water partition coefficient (Wildman–Crippen LogP) is 2.31. The molecule has 0 radical (unpaired) electrons. The van der Waals surface area contributed by atoms with E-state index in [1.165, 1.54) is 7.11 Å². The van der Waals surface area contributed by atoms with Gasteiger partial charge in [0.25, 0.3) is 5.91 Å². The average molecular weight is 313 g/mol. The number of rotatable bonds is 6. The number of hydrazone groups is 1. The van der Waals surface area contributed by atoms with Crippen LogP contribution in [-0.4, -0.2) is 31.2 Å². The van der Waals surface area contributed by atoms with E-state index in [-0.39, 0.29) is 24.8 Å². The number of nitrogens with one attached hydrogen (secondary N) is 2. The van der Waals surface area contributed by atoms with Crippen molar-refractivity contribution in [2.45, 2.75) is 13.3 Å². The van der Waals surface area contributed by atoms with Gasteiger partial charge in [0.05, 0.1) is 6.42 Å². The Bertz CT molecular complexity index is 735. The Morgan fingerprint density at radius 2 is 1.83 bits per heavy atom. The first-order chi connectivity index (χ1) is 11.1. The first-order valence-corrected chi connectivity index (χ1v) is 7.18. The summed E-state index contributed by atoms with van der Waals surface area (Å²) in [6.45, 7) is 1.61. The van der Waals surface area contributed by atoms with Gasteiger partial charge in [0.1, 0.15) is 6.61 Å². The maximum absolute atomic E-state index is 12.1. The van der Waals surface area contributed by atoms with Crippen LogP contribution in [0.3, 0.4) is 0 Å². The van der Waals surface area contributed by atoms with E-state index in [0.29, 0.717) is 5.71 Å². The molecule has 2 N–H and O–H groups in total. The van der Waals surface area contributed by atoms with Gasteiger partial charge in [-0.1, -0.05) is 36.4 Å². The van der Waals surface area contributed by atoms with Crippen LogP contribution in [-0.2, 0) is 14.3 Å². The predicted molar refractivity (Wildman–Crippen MR) is 90.3 cm³/mol. The standard InChI is InChI=1S/C17H19N3O3/c1-12(19-20-17(22)11-23-2)10-16(21)18-15-9-5-7-13-6-3-4-8-14(13)15/h3-9H,10-11H2,1-2H3,(H,18,21)(H,20,22)/b19-12+. The quantitative estimate of drug-likeness (QED) is 0.634. The average Bonchev–Trinajstić information content (AvgIpc) is 2.53. The number of amides is 2. The Balaban J connectivity index is 1.98. The lowest BCUT2D eigenvalue weighted by Gasteiger charge is -2.08. The number of anilines is 1. The fraction of sp³-hybridized carbons (Fsp3) is 0.235. The van der Waals surface area contributed by atoms with Crippen molar-refractivity contribution < 1.29 is 14.3 Å². The molecule has 0 heterocycles. The SMILES string of the molecule is COCC(=O)N/N=C(\C)CC(=O)Nc1cccc2ccccc12. The molecule has 2 rings (SSSR count). The molecule has 0 aliphatic rings. The zero-order valence-electron chi connectivity index (χ0n) is 13.1. The van der Waals surface area contributed by atoms with E-state index in [2.05, 4.69) is 20.6 Å². The fourth-order valence-corrected chi connectivity index (χ4v) is 2.12. The number of fused-ring (bicyclic) bond motifs is 1. The van der Waals surface area contributed by atoms with Crippen molar-refractivity contribution in [3.8, 4) is 0 Å². The highest BCUT2D eigenvalue weighted by Gasteiger charge is 2.07. The Labute approximate surface area is 134 Å². The molecular formula is C17H19N3O3. The number of nitrogens with zero attached hydrogens (tertiary/aromatic N) is 1. The number of carbonyl (C=O) groups excluding carboxylic acids is 2. The van der Waals surface area contributed by atoms with Crippen LogP contribution in [0.25, 0.3) is 10.8 Å². The van der Waals surface area contributed by atoms with Crippen LogP contribution in [0.15, 0.2) is 47.6 Å². The van der Waals surface area contributed by atoms with Gasteiger partial charge >= 0.3 is 0 Å². The van der Waals surface area contributed by atoms with Gasteiger partial charge in [0.2, 0.25) is 5.91 Å². The number of benzene rings is 2. The highest BCUT2D eigenvalue weighted by molar-refractivity contribution is 6.09. The van der Waals surface area contributed by atoms with E-state index in [0.717, 1.165) is 16.5 Å². The van der Waals surface area contributed by atoms with Crippen LogP contribution in [0.1, 0.15) is 13.3 Å². The summed E-state index contributed by atoms with van der Waals surface area (Å²) in [6, 6.07) is 13.6. The van der Waals surface area contributed by atoms with Crippen molar-refractivity contribution in [1.82, 2.24) is 5.43 Å². The van der Waals surface area contributed by atoms with Gasteiger partial charge < -0.3 is 10.1 Å². The molecule has 0 saturated heterocycles. The van der Waals surface area contributed by atoms with E-state index >= 15 is 0 Å². The van der Waals surface area contributed by atoms with E-state index in [1.54, 1.807) is 6.92 Å². The lowest BCUT2D eigenvalue weighted by atomic mass is 10.1.